The average molecular weight is 260 g/mol. The van der Waals surface area contributed by atoms with Gasteiger partial charge >= 0.3 is 0 Å². The number of hydrogen-bond acceptors (Lipinski definition) is 2. The first-order valence-electron chi connectivity index (χ1n) is 6.36. The van der Waals surface area contributed by atoms with Gasteiger partial charge in [-0.2, -0.15) is 11.8 Å². The van der Waals surface area contributed by atoms with Crippen LogP contribution in [0.25, 0.3) is 5.69 Å². The number of rotatable bonds is 7. The largest absolute Gasteiger partial charge is 0.385 e. The molecule has 0 saturated heterocycles. The van der Waals surface area contributed by atoms with Crippen LogP contribution in [0.4, 0.5) is 5.69 Å². The molecule has 18 heavy (non-hydrogen) atoms. The highest BCUT2D eigenvalue weighted by Crippen LogP contribution is 2.15. The lowest BCUT2D eigenvalue weighted by molar-refractivity contribution is 0.843. The summed E-state index contributed by atoms with van der Waals surface area (Å²) < 4.78 is 2.12. The topological polar surface area (TPSA) is 17.0 Å². The Morgan fingerprint density at radius 2 is 1.94 bits per heavy atom. The van der Waals surface area contributed by atoms with Crippen molar-refractivity contribution >= 4 is 17.4 Å². The van der Waals surface area contributed by atoms with Crippen molar-refractivity contribution in [2.75, 3.05) is 23.9 Å². The van der Waals surface area contributed by atoms with Gasteiger partial charge in [0.05, 0.1) is 0 Å². The molecule has 0 aliphatic carbocycles. The van der Waals surface area contributed by atoms with Gasteiger partial charge in [0.1, 0.15) is 0 Å². The van der Waals surface area contributed by atoms with E-state index in [2.05, 4.69) is 52.8 Å². The highest BCUT2D eigenvalue weighted by molar-refractivity contribution is 7.98. The molecule has 0 fully saturated rings. The van der Waals surface area contributed by atoms with Crippen molar-refractivity contribution in [3.8, 4) is 5.69 Å². The summed E-state index contributed by atoms with van der Waals surface area (Å²) in [6.07, 6.45) is 8.81. The fraction of sp³-hybridized carbons (Fsp3) is 0.333. The molecular formula is C15H20N2S. The first-order valence-corrected chi connectivity index (χ1v) is 7.76. The monoisotopic (exact) mass is 260 g/mol. The number of anilines is 1. The summed E-state index contributed by atoms with van der Waals surface area (Å²) in [4.78, 5) is 0. The van der Waals surface area contributed by atoms with Gasteiger partial charge in [-0.25, -0.2) is 0 Å². The SMILES string of the molecule is CSCCCCNc1cccc(-n2cccc2)c1. The van der Waals surface area contributed by atoms with Gasteiger partial charge in [0, 0.05) is 30.3 Å². The lowest BCUT2D eigenvalue weighted by Crippen LogP contribution is -2.02. The summed E-state index contributed by atoms with van der Waals surface area (Å²) in [5.41, 5.74) is 2.40. The van der Waals surface area contributed by atoms with E-state index in [-0.39, 0.29) is 0 Å². The molecule has 2 nitrogen and oxygen atoms in total. The molecular weight excluding hydrogens is 240 g/mol. The third-order valence-electron chi connectivity index (χ3n) is 2.85. The molecule has 1 N–H and O–H groups in total. The smallest absolute Gasteiger partial charge is 0.0469 e. The van der Waals surface area contributed by atoms with Gasteiger partial charge in [-0.15, -0.1) is 0 Å². The Kier molecular flexibility index (Phi) is 5.21. The summed E-state index contributed by atoms with van der Waals surface area (Å²) in [6.45, 7) is 1.05. The number of nitrogens with one attached hydrogen (secondary N) is 1. The first-order chi connectivity index (χ1) is 8.90. The summed E-state index contributed by atoms with van der Waals surface area (Å²) in [7, 11) is 0. The van der Waals surface area contributed by atoms with Gasteiger partial charge in [-0.05, 0) is 55.2 Å². The number of unbranched alkanes of at least 4 members (excludes halogenated alkanes) is 1. The molecule has 2 aromatic rings. The molecule has 2 rings (SSSR count). The van der Waals surface area contributed by atoms with Gasteiger partial charge < -0.3 is 9.88 Å². The molecule has 96 valence electrons. The van der Waals surface area contributed by atoms with Crippen molar-refractivity contribution < 1.29 is 0 Å². The number of thioether (sulfide) groups is 1. The zero-order chi connectivity index (χ0) is 12.6. The van der Waals surface area contributed by atoms with Crippen molar-refractivity contribution in [1.29, 1.82) is 0 Å². The molecule has 1 heterocycles. The molecule has 0 aliphatic heterocycles. The maximum Gasteiger partial charge on any atom is 0.0469 e. The Bertz CT molecular complexity index is 451. The molecule has 0 bridgehead atoms. The van der Waals surface area contributed by atoms with E-state index < -0.39 is 0 Å². The van der Waals surface area contributed by atoms with Crippen molar-refractivity contribution in [2.24, 2.45) is 0 Å². The first kappa shape index (κ1) is 13.1. The summed E-state index contributed by atoms with van der Waals surface area (Å²) >= 11 is 1.92. The third-order valence-corrected chi connectivity index (χ3v) is 3.55. The minimum atomic E-state index is 1.05. The van der Waals surface area contributed by atoms with E-state index >= 15 is 0 Å². The number of benzene rings is 1. The van der Waals surface area contributed by atoms with Crippen LogP contribution in [0.3, 0.4) is 0 Å². The van der Waals surface area contributed by atoms with Gasteiger partial charge in [-0.1, -0.05) is 6.07 Å². The molecule has 0 unspecified atom stereocenters. The van der Waals surface area contributed by atoms with Crippen molar-refractivity contribution in [3.63, 3.8) is 0 Å². The number of aromatic nitrogens is 1. The molecule has 1 aromatic heterocycles. The summed E-state index contributed by atoms with van der Waals surface area (Å²) in [5.74, 6) is 1.26. The van der Waals surface area contributed by atoms with E-state index in [1.165, 1.54) is 30.0 Å². The van der Waals surface area contributed by atoms with E-state index in [0.717, 1.165) is 6.54 Å². The predicted molar refractivity (Wildman–Crippen MR) is 81.9 cm³/mol. The lowest BCUT2D eigenvalue weighted by Gasteiger charge is -2.09. The quantitative estimate of drug-likeness (QED) is 0.757. The van der Waals surface area contributed by atoms with Crippen molar-refractivity contribution in [1.82, 2.24) is 4.57 Å². The van der Waals surface area contributed by atoms with Crippen LogP contribution in [0.1, 0.15) is 12.8 Å². The van der Waals surface area contributed by atoms with Crippen LogP contribution in [-0.2, 0) is 0 Å². The predicted octanol–water partition coefficient (Wildman–Crippen LogP) is 4.03. The van der Waals surface area contributed by atoms with Crippen LogP contribution in [0, 0.1) is 0 Å². The second-order valence-electron chi connectivity index (χ2n) is 4.27. The standard InChI is InChI=1S/C15H20N2S/c1-18-12-5-2-9-16-14-7-6-8-15(13-14)17-10-3-4-11-17/h3-4,6-8,10-11,13,16H,2,5,9,12H2,1H3. The summed E-state index contributed by atoms with van der Waals surface area (Å²) in [6, 6.07) is 12.6. The van der Waals surface area contributed by atoms with Crippen LogP contribution in [-0.4, -0.2) is 23.1 Å². The molecule has 0 spiro atoms. The number of hydrogen-bond donors (Lipinski definition) is 1. The molecule has 3 heteroatoms. The molecule has 0 aliphatic rings. The summed E-state index contributed by atoms with van der Waals surface area (Å²) in [5, 5.41) is 3.48. The van der Waals surface area contributed by atoms with Gasteiger partial charge in [0.25, 0.3) is 0 Å². The van der Waals surface area contributed by atoms with Crippen LogP contribution in [0.5, 0.6) is 0 Å². The Balaban J connectivity index is 1.88. The Morgan fingerprint density at radius 3 is 2.72 bits per heavy atom. The van der Waals surface area contributed by atoms with Crippen LogP contribution in [0.2, 0.25) is 0 Å². The zero-order valence-corrected chi connectivity index (χ0v) is 11.6. The molecule has 0 radical (unpaired) electrons. The fourth-order valence-corrected chi connectivity index (χ4v) is 2.38. The Hall–Kier alpha value is -1.35. The zero-order valence-electron chi connectivity index (χ0n) is 10.8. The third kappa shape index (κ3) is 3.84. The lowest BCUT2D eigenvalue weighted by atomic mass is 10.2. The van der Waals surface area contributed by atoms with E-state index in [0.29, 0.717) is 0 Å². The Morgan fingerprint density at radius 1 is 1.11 bits per heavy atom. The highest BCUT2D eigenvalue weighted by atomic mass is 32.2. The molecule has 0 saturated carbocycles. The average Bonchev–Trinajstić information content (AvgIpc) is 2.93. The van der Waals surface area contributed by atoms with E-state index in [9.17, 15) is 0 Å². The molecule has 0 atom stereocenters. The second kappa shape index (κ2) is 7.17. The van der Waals surface area contributed by atoms with Crippen molar-refractivity contribution in [3.05, 3.63) is 48.8 Å². The normalized spacial score (nSPS) is 10.5. The van der Waals surface area contributed by atoms with Crippen LogP contribution >= 0.6 is 11.8 Å². The van der Waals surface area contributed by atoms with Gasteiger partial charge in [0.15, 0.2) is 0 Å². The van der Waals surface area contributed by atoms with E-state index in [1.54, 1.807) is 0 Å². The maximum absolute atomic E-state index is 3.48. The number of nitrogens with zero attached hydrogens (tertiary/aromatic N) is 1. The second-order valence-corrected chi connectivity index (χ2v) is 5.25. The van der Waals surface area contributed by atoms with Crippen LogP contribution < -0.4 is 5.32 Å². The molecule has 1 aromatic carbocycles. The van der Waals surface area contributed by atoms with Gasteiger partial charge in [0.2, 0.25) is 0 Å². The van der Waals surface area contributed by atoms with Crippen LogP contribution in [0.15, 0.2) is 48.8 Å². The van der Waals surface area contributed by atoms with E-state index in [1.807, 2.05) is 23.9 Å². The maximum atomic E-state index is 3.48. The minimum absolute atomic E-state index is 1.05. The Labute approximate surface area is 113 Å². The fourth-order valence-electron chi connectivity index (χ4n) is 1.89. The van der Waals surface area contributed by atoms with Gasteiger partial charge in [-0.3, -0.25) is 0 Å². The van der Waals surface area contributed by atoms with Crippen molar-refractivity contribution in [2.45, 2.75) is 12.8 Å². The van der Waals surface area contributed by atoms with E-state index in [4.69, 9.17) is 0 Å². The minimum Gasteiger partial charge on any atom is -0.385 e. The highest BCUT2D eigenvalue weighted by Gasteiger charge is 1.97. The molecule has 0 amide bonds.